The molecule has 0 unspecified atom stereocenters. The van der Waals surface area contributed by atoms with Crippen molar-refractivity contribution in [3.63, 3.8) is 0 Å². The Morgan fingerprint density at radius 3 is 1.35 bits per heavy atom. The Morgan fingerprint density at radius 1 is 0.553 bits per heavy atom. The Kier molecular flexibility index (Phi) is 23.2. The number of Topliss-reactive ketones (excluding diaryl/α,β-unsaturated/α-hetero) is 2. The first-order valence-corrected chi connectivity index (χ1v) is 27.5. The number of hydrogen-bond acceptors (Lipinski definition) is 11. The SMILES string of the molecule is CC(=O)c1nn(CC(=O)N(CC(=O)NCc2cccc(Cl)c2F)C(C)C)c2ccc(C(=O)NCc3ccccc3)cc12.CC(=O)c1nn(CC(=O)N(CC(=O)NCc2cccc(Cl)c2F)C(C)C)c2ccc(C(=O)O)cc12.NCc1ccccc1. The van der Waals surface area contributed by atoms with E-state index < -0.39 is 41.2 Å². The summed E-state index contributed by atoms with van der Waals surface area (Å²) in [5.74, 6) is -5.20. The van der Waals surface area contributed by atoms with Gasteiger partial charge in [-0.25, -0.2) is 13.6 Å². The molecular formula is C62H64Cl2F2N10O9. The average Bonchev–Trinajstić information content (AvgIpc) is 2.73. The van der Waals surface area contributed by atoms with Crippen LogP contribution in [0.5, 0.6) is 0 Å². The van der Waals surface area contributed by atoms with E-state index in [-0.39, 0.29) is 107 Å². The molecule has 8 rings (SSSR count). The van der Waals surface area contributed by atoms with Crippen LogP contribution in [0.15, 0.2) is 133 Å². The summed E-state index contributed by atoms with van der Waals surface area (Å²) in [6.45, 7) is 9.44. The van der Waals surface area contributed by atoms with Crippen molar-refractivity contribution in [2.24, 2.45) is 5.73 Å². The van der Waals surface area contributed by atoms with E-state index in [0.717, 1.165) is 5.56 Å². The van der Waals surface area contributed by atoms with E-state index in [4.69, 9.17) is 28.9 Å². The van der Waals surface area contributed by atoms with Crippen molar-refractivity contribution in [1.29, 1.82) is 0 Å². The molecule has 6 aromatic carbocycles. The van der Waals surface area contributed by atoms with Crippen molar-refractivity contribution < 1.29 is 52.2 Å². The average molecular weight is 1200 g/mol. The third-order valence-electron chi connectivity index (χ3n) is 13.2. The third kappa shape index (κ3) is 17.7. The third-order valence-corrected chi connectivity index (χ3v) is 13.7. The van der Waals surface area contributed by atoms with Gasteiger partial charge < -0.3 is 36.6 Å². The van der Waals surface area contributed by atoms with Gasteiger partial charge in [-0.05, 0) is 87.4 Å². The number of halogens is 4. The van der Waals surface area contributed by atoms with Crippen molar-refractivity contribution in [2.45, 2.75) is 92.9 Å². The fourth-order valence-electron chi connectivity index (χ4n) is 8.62. The minimum Gasteiger partial charge on any atom is -0.478 e. The number of carboxylic acid groups (broad SMARTS) is 1. The Hall–Kier alpha value is -9.18. The van der Waals surface area contributed by atoms with Gasteiger partial charge in [0.2, 0.25) is 23.6 Å². The van der Waals surface area contributed by atoms with Gasteiger partial charge >= 0.3 is 5.97 Å². The molecule has 0 radical (unpaired) electrons. The van der Waals surface area contributed by atoms with Gasteiger partial charge in [0.25, 0.3) is 5.91 Å². The first kappa shape index (κ1) is 65.0. The van der Waals surface area contributed by atoms with Gasteiger partial charge in [0.15, 0.2) is 11.6 Å². The van der Waals surface area contributed by atoms with Crippen LogP contribution in [0.1, 0.15) is 105 Å². The van der Waals surface area contributed by atoms with Crippen LogP contribution in [0.4, 0.5) is 8.78 Å². The molecular weight excluding hydrogens is 1140 g/mol. The predicted molar refractivity (Wildman–Crippen MR) is 319 cm³/mol. The van der Waals surface area contributed by atoms with Crippen LogP contribution in [0, 0.1) is 11.6 Å². The molecule has 0 atom stereocenters. The minimum absolute atomic E-state index is 0.0116. The van der Waals surface area contributed by atoms with Crippen LogP contribution in [0.25, 0.3) is 21.8 Å². The van der Waals surface area contributed by atoms with Crippen molar-refractivity contribution in [3.05, 3.63) is 200 Å². The molecule has 0 aliphatic heterocycles. The molecule has 0 saturated carbocycles. The summed E-state index contributed by atoms with van der Waals surface area (Å²) in [6.07, 6.45) is 0. The molecule has 85 heavy (non-hydrogen) atoms. The molecule has 0 fully saturated rings. The summed E-state index contributed by atoms with van der Waals surface area (Å²) in [4.78, 5) is 103. The first-order chi connectivity index (χ1) is 40.5. The lowest BCUT2D eigenvalue weighted by Gasteiger charge is -2.26. The molecule has 0 bridgehead atoms. The monoisotopic (exact) mass is 1200 g/mol. The highest BCUT2D eigenvalue weighted by Crippen LogP contribution is 2.25. The molecule has 0 aliphatic rings. The summed E-state index contributed by atoms with van der Waals surface area (Å²) in [7, 11) is 0. The van der Waals surface area contributed by atoms with E-state index in [0.29, 0.717) is 40.5 Å². The number of nitrogens with zero attached hydrogens (tertiary/aromatic N) is 6. The number of aromatic carboxylic acids is 1. The Morgan fingerprint density at radius 2 is 0.965 bits per heavy atom. The maximum absolute atomic E-state index is 14.2. The van der Waals surface area contributed by atoms with Gasteiger partial charge in [0.05, 0.1) is 39.7 Å². The van der Waals surface area contributed by atoms with E-state index in [9.17, 15) is 52.2 Å². The van der Waals surface area contributed by atoms with Crippen LogP contribution >= 0.6 is 23.2 Å². The number of rotatable bonds is 21. The number of fused-ring (bicyclic) bond motifs is 2. The number of amides is 5. The topological polar surface area (TPSA) is 261 Å². The summed E-state index contributed by atoms with van der Waals surface area (Å²) in [5.41, 5.74) is 9.36. The number of hydrogen-bond donors (Lipinski definition) is 5. The van der Waals surface area contributed by atoms with Gasteiger partial charge in [-0.2, -0.15) is 10.2 Å². The number of aromatic nitrogens is 4. The molecule has 0 aliphatic carbocycles. The van der Waals surface area contributed by atoms with Crippen LogP contribution in [-0.4, -0.2) is 107 Å². The largest absolute Gasteiger partial charge is 0.478 e. The van der Waals surface area contributed by atoms with Crippen molar-refractivity contribution in [2.75, 3.05) is 13.1 Å². The van der Waals surface area contributed by atoms with E-state index in [1.165, 1.54) is 81.0 Å². The molecule has 444 valence electrons. The summed E-state index contributed by atoms with van der Waals surface area (Å²) >= 11 is 11.6. The van der Waals surface area contributed by atoms with E-state index >= 15 is 0 Å². The number of carbonyl (C=O) groups is 8. The highest BCUT2D eigenvalue weighted by molar-refractivity contribution is 6.31. The Labute approximate surface area is 499 Å². The maximum atomic E-state index is 14.2. The molecule has 6 N–H and O–H groups in total. The minimum atomic E-state index is -1.15. The second-order valence-corrected chi connectivity index (χ2v) is 20.8. The zero-order valence-electron chi connectivity index (χ0n) is 47.5. The van der Waals surface area contributed by atoms with Crippen LogP contribution in [-0.2, 0) is 58.4 Å². The lowest BCUT2D eigenvalue weighted by molar-refractivity contribution is -0.138. The van der Waals surface area contributed by atoms with Gasteiger partial charge in [-0.3, -0.25) is 42.9 Å². The zero-order chi connectivity index (χ0) is 62.1. The van der Waals surface area contributed by atoms with Crippen molar-refractivity contribution in [1.82, 2.24) is 45.3 Å². The molecule has 2 aromatic heterocycles. The van der Waals surface area contributed by atoms with Crippen molar-refractivity contribution >= 4 is 92.1 Å². The number of carbonyl (C=O) groups excluding carboxylic acids is 7. The number of carboxylic acids is 1. The second-order valence-electron chi connectivity index (χ2n) is 20.0. The van der Waals surface area contributed by atoms with Gasteiger partial charge in [0, 0.05) is 79.6 Å². The lowest BCUT2D eigenvalue weighted by atomic mass is 10.1. The molecule has 19 nitrogen and oxygen atoms in total. The van der Waals surface area contributed by atoms with Gasteiger partial charge in [-0.1, -0.05) is 108 Å². The Bertz CT molecular complexity index is 3750. The summed E-state index contributed by atoms with van der Waals surface area (Å²) in [6, 6.07) is 36.8. The number of nitrogens with one attached hydrogen (secondary N) is 3. The Balaban J connectivity index is 0.000000243. The molecule has 5 amide bonds. The van der Waals surface area contributed by atoms with Crippen LogP contribution in [0.3, 0.4) is 0 Å². The van der Waals surface area contributed by atoms with Crippen LogP contribution in [0.2, 0.25) is 10.0 Å². The summed E-state index contributed by atoms with van der Waals surface area (Å²) < 4.78 is 30.9. The van der Waals surface area contributed by atoms with Gasteiger partial charge in [0.1, 0.15) is 36.1 Å². The number of benzene rings is 6. The standard InChI is InChI=1S/C31H31ClFN5O4.C24H24ClFN4O5.C7H9N/c1-19(2)37(17-27(40)34-16-23-10-7-11-25(32)29(23)33)28(41)18-38-26-13-12-22(14-24(26)30(36-38)20(3)39)31(42)35-15-21-8-5-4-6-9-21;1-13(2)29(11-20(32)27-10-16-5-4-6-18(25)22(16)26)21(33)12-30-19-8-7-15(24(34)35)9-17(19)23(28-30)14(3)31;8-6-7-4-2-1-3-5-7/h4-14,19H,15-18H2,1-3H3,(H,34,40)(H,35,42);4-9,13H,10-12H2,1-3H3,(H,27,32)(H,34,35);1-5H,6,8H2. The molecule has 23 heteroatoms. The maximum Gasteiger partial charge on any atom is 0.335 e. The smallest absolute Gasteiger partial charge is 0.335 e. The van der Waals surface area contributed by atoms with E-state index in [1.807, 2.05) is 60.7 Å². The highest BCUT2D eigenvalue weighted by Gasteiger charge is 2.26. The first-order valence-electron chi connectivity index (χ1n) is 26.8. The predicted octanol–water partition coefficient (Wildman–Crippen LogP) is 8.94. The fourth-order valence-corrected chi connectivity index (χ4v) is 9.01. The molecule has 8 aromatic rings. The molecule has 2 heterocycles. The molecule has 0 spiro atoms. The molecule has 0 saturated heterocycles. The fraction of sp³-hybridized carbons (Fsp3) is 0.258. The van der Waals surface area contributed by atoms with Crippen molar-refractivity contribution in [3.8, 4) is 0 Å². The van der Waals surface area contributed by atoms with Gasteiger partial charge in [-0.15, -0.1) is 0 Å². The number of nitrogens with two attached hydrogens (primary N) is 1. The van der Waals surface area contributed by atoms with E-state index in [2.05, 4.69) is 26.1 Å². The number of ketones is 2. The zero-order valence-corrected chi connectivity index (χ0v) is 49.0. The summed E-state index contributed by atoms with van der Waals surface area (Å²) in [5, 5.41) is 26.6. The highest BCUT2D eigenvalue weighted by atomic mass is 35.5. The van der Waals surface area contributed by atoms with E-state index in [1.54, 1.807) is 58.0 Å². The quantitative estimate of drug-likeness (QED) is 0.0423. The second kappa shape index (κ2) is 30.4. The lowest BCUT2D eigenvalue weighted by Crippen LogP contribution is -2.45. The normalized spacial score (nSPS) is 10.8. The van der Waals surface area contributed by atoms with Crippen LogP contribution < -0.4 is 21.7 Å².